The first kappa shape index (κ1) is 14.8. The van der Waals surface area contributed by atoms with Gasteiger partial charge in [0.05, 0.1) is 12.6 Å². The smallest absolute Gasteiger partial charge is 0.267 e. The average molecular weight is 286 g/mol. The van der Waals surface area contributed by atoms with Crippen LogP contribution in [0.25, 0.3) is 0 Å². The van der Waals surface area contributed by atoms with E-state index in [0.717, 1.165) is 4.90 Å². The van der Waals surface area contributed by atoms with E-state index in [9.17, 15) is 18.0 Å². The number of hydrogen-bond acceptors (Lipinski definition) is 2. The van der Waals surface area contributed by atoms with Crippen LogP contribution in [-0.4, -0.2) is 35.9 Å². The van der Waals surface area contributed by atoms with Gasteiger partial charge in [0.25, 0.3) is 5.92 Å². The second-order valence-electron chi connectivity index (χ2n) is 5.23. The molecule has 20 heavy (non-hydrogen) atoms. The van der Waals surface area contributed by atoms with E-state index in [2.05, 4.69) is 0 Å². The number of halogens is 3. The molecule has 1 aromatic rings. The number of alkyl halides is 2. The number of carbonyl (C=O) groups is 1. The normalized spacial score (nSPS) is 20.8. The summed E-state index contributed by atoms with van der Waals surface area (Å²) in [7, 11) is 0. The topological polar surface area (TPSA) is 46.3 Å². The molecule has 0 aliphatic carbocycles. The van der Waals surface area contributed by atoms with Gasteiger partial charge < -0.3 is 10.6 Å². The Labute approximate surface area is 115 Å². The maximum absolute atomic E-state index is 13.1. The number of carbonyl (C=O) groups excluding carboxylic acids is 1. The van der Waals surface area contributed by atoms with E-state index < -0.39 is 24.4 Å². The first-order chi connectivity index (χ1) is 9.30. The van der Waals surface area contributed by atoms with Gasteiger partial charge in [0, 0.05) is 18.9 Å². The zero-order valence-corrected chi connectivity index (χ0v) is 11.2. The lowest BCUT2D eigenvalue weighted by Gasteiger charge is -2.25. The minimum absolute atomic E-state index is 0.0235. The highest BCUT2D eigenvalue weighted by Crippen LogP contribution is 2.28. The van der Waals surface area contributed by atoms with Crippen LogP contribution in [-0.2, 0) is 4.79 Å². The lowest BCUT2D eigenvalue weighted by molar-refractivity contribution is -0.133. The monoisotopic (exact) mass is 286 g/mol. The molecular weight excluding hydrogens is 269 g/mol. The Morgan fingerprint density at radius 2 is 1.95 bits per heavy atom. The van der Waals surface area contributed by atoms with Gasteiger partial charge in [-0.3, -0.25) is 4.79 Å². The largest absolute Gasteiger partial charge is 0.335 e. The highest BCUT2D eigenvalue weighted by atomic mass is 19.3. The minimum atomic E-state index is -2.82. The van der Waals surface area contributed by atoms with E-state index in [1.165, 1.54) is 12.1 Å². The first-order valence-electron chi connectivity index (χ1n) is 6.48. The van der Waals surface area contributed by atoms with Crippen LogP contribution in [0.1, 0.15) is 24.8 Å². The molecule has 2 atom stereocenters. The Morgan fingerprint density at radius 3 is 2.45 bits per heavy atom. The van der Waals surface area contributed by atoms with Gasteiger partial charge in [-0.25, -0.2) is 13.2 Å². The predicted molar refractivity (Wildman–Crippen MR) is 68.9 cm³/mol. The van der Waals surface area contributed by atoms with Crippen molar-refractivity contribution < 1.29 is 18.0 Å². The molecule has 0 unspecified atom stereocenters. The van der Waals surface area contributed by atoms with Crippen molar-refractivity contribution in [3.8, 4) is 0 Å². The Morgan fingerprint density at radius 1 is 1.35 bits per heavy atom. The van der Waals surface area contributed by atoms with Crippen molar-refractivity contribution >= 4 is 5.91 Å². The summed E-state index contributed by atoms with van der Waals surface area (Å²) >= 11 is 0. The van der Waals surface area contributed by atoms with Gasteiger partial charge in [0.15, 0.2) is 0 Å². The molecule has 1 heterocycles. The first-order valence-corrected chi connectivity index (χ1v) is 6.48. The van der Waals surface area contributed by atoms with Crippen LogP contribution < -0.4 is 5.73 Å². The Bertz CT molecular complexity index is 490. The number of rotatable bonds is 3. The highest BCUT2D eigenvalue weighted by Gasteiger charge is 2.42. The van der Waals surface area contributed by atoms with Gasteiger partial charge in [-0.1, -0.05) is 19.1 Å². The van der Waals surface area contributed by atoms with Gasteiger partial charge in [-0.2, -0.15) is 0 Å². The Kier molecular flexibility index (Phi) is 4.04. The number of hydrogen-bond donors (Lipinski definition) is 1. The van der Waals surface area contributed by atoms with E-state index in [4.69, 9.17) is 5.73 Å². The molecule has 1 saturated heterocycles. The SMILES string of the molecule is C[C@@H](c1ccc(F)cc1)[C@H](N)C(=O)N1CCC(F)(F)C1. The van der Waals surface area contributed by atoms with E-state index >= 15 is 0 Å². The molecule has 110 valence electrons. The fourth-order valence-corrected chi connectivity index (χ4v) is 2.32. The lowest BCUT2D eigenvalue weighted by Crippen LogP contribution is -2.46. The quantitative estimate of drug-likeness (QED) is 0.925. The van der Waals surface area contributed by atoms with Crippen LogP contribution in [0.2, 0.25) is 0 Å². The standard InChI is InChI=1S/C14H17F3N2O/c1-9(10-2-4-11(15)5-3-10)12(18)13(20)19-7-6-14(16,17)8-19/h2-5,9,12H,6-8,18H2,1H3/t9-,12-/m0/s1. The van der Waals surface area contributed by atoms with Crippen LogP contribution in [0.5, 0.6) is 0 Å². The maximum atomic E-state index is 13.1. The molecule has 1 aromatic carbocycles. The van der Waals surface area contributed by atoms with Gasteiger partial charge in [0.1, 0.15) is 5.82 Å². The molecule has 0 radical (unpaired) electrons. The summed E-state index contributed by atoms with van der Waals surface area (Å²) in [5.41, 5.74) is 6.58. The summed E-state index contributed by atoms with van der Waals surface area (Å²) in [6.07, 6.45) is -0.323. The molecule has 1 aliphatic rings. The van der Waals surface area contributed by atoms with Crippen molar-refractivity contribution in [3.63, 3.8) is 0 Å². The third-order valence-corrected chi connectivity index (χ3v) is 3.70. The molecular formula is C14H17F3N2O. The third-order valence-electron chi connectivity index (χ3n) is 3.70. The van der Waals surface area contributed by atoms with Crippen LogP contribution in [0.4, 0.5) is 13.2 Å². The van der Waals surface area contributed by atoms with Crippen LogP contribution >= 0.6 is 0 Å². The molecule has 0 aromatic heterocycles. The summed E-state index contributed by atoms with van der Waals surface area (Å²) < 4.78 is 39.1. The molecule has 1 aliphatic heterocycles. The fraction of sp³-hybridized carbons (Fsp3) is 0.500. The van der Waals surface area contributed by atoms with E-state index in [-0.39, 0.29) is 24.7 Å². The van der Waals surface area contributed by atoms with Crippen molar-refractivity contribution in [2.75, 3.05) is 13.1 Å². The highest BCUT2D eigenvalue weighted by molar-refractivity contribution is 5.83. The van der Waals surface area contributed by atoms with E-state index in [1.807, 2.05) is 0 Å². The summed E-state index contributed by atoms with van der Waals surface area (Å²) in [6.45, 7) is 1.18. The van der Waals surface area contributed by atoms with Gasteiger partial charge in [-0.05, 0) is 17.7 Å². The van der Waals surface area contributed by atoms with Crippen molar-refractivity contribution in [3.05, 3.63) is 35.6 Å². The van der Waals surface area contributed by atoms with Gasteiger partial charge in [0.2, 0.25) is 5.91 Å². The lowest BCUT2D eigenvalue weighted by atomic mass is 9.93. The Hall–Kier alpha value is -1.56. The summed E-state index contributed by atoms with van der Waals surface area (Å²) in [5, 5.41) is 0. The zero-order chi connectivity index (χ0) is 14.9. The molecule has 0 spiro atoms. The number of nitrogens with two attached hydrogens (primary N) is 1. The third kappa shape index (κ3) is 3.12. The second kappa shape index (κ2) is 5.44. The molecule has 0 bridgehead atoms. The molecule has 3 nitrogen and oxygen atoms in total. The van der Waals surface area contributed by atoms with E-state index in [1.54, 1.807) is 19.1 Å². The van der Waals surface area contributed by atoms with Crippen LogP contribution in [0, 0.1) is 5.82 Å². The Balaban J connectivity index is 2.05. The second-order valence-corrected chi connectivity index (χ2v) is 5.23. The number of nitrogens with zero attached hydrogens (tertiary/aromatic N) is 1. The summed E-state index contributed by atoms with van der Waals surface area (Å²) in [6, 6.07) is 4.76. The van der Waals surface area contributed by atoms with Crippen molar-refractivity contribution in [2.45, 2.75) is 31.2 Å². The predicted octanol–water partition coefficient (Wildman–Crippen LogP) is 2.12. The average Bonchev–Trinajstić information content (AvgIpc) is 2.77. The molecule has 6 heteroatoms. The number of benzene rings is 1. The number of likely N-dealkylation sites (tertiary alicyclic amines) is 1. The molecule has 2 rings (SSSR count). The van der Waals surface area contributed by atoms with E-state index in [0.29, 0.717) is 5.56 Å². The molecule has 1 amide bonds. The zero-order valence-electron chi connectivity index (χ0n) is 11.2. The summed E-state index contributed by atoms with van der Waals surface area (Å²) in [5.74, 6) is -4.05. The van der Waals surface area contributed by atoms with Gasteiger partial charge >= 0.3 is 0 Å². The van der Waals surface area contributed by atoms with Crippen molar-refractivity contribution in [1.82, 2.24) is 4.90 Å². The minimum Gasteiger partial charge on any atom is -0.335 e. The summed E-state index contributed by atoms with van der Waals surface area (Å²) in [4.78, 5) is 13.2. The molecule has 0 saturated carbocycles. The maximum Gasteiger partial charge on any atom is 0.267 e. The van der Waals surface area contributed by atoms with Crippen molar-refractivity contribution in [1.29, 1.82) is 0 Å². The molecule has 1 fully saturated rings. The van der Waals surface area contributed by atoms with Gasteiger partial charge in [-0.15, -0.1) is 0 Å². The van der Waals surface area contributed by atoms with Crippen molar-refractivity contribution in [2.24, 2.45) is 5.73 Å². The van der Waals surface area contributed by atoms with Crippen LogP contribution in [0.3, 0.4) is 0 Å². The fourth-order valence-electron chi connectivity index (χ4n) is 2.32. The molecule has 2 N–H and O–H groups in total. The number of amides is 1. The van der Waals surface area contributed by atoms with Crippen LogP contribution in [0.15, 0.2) is 24.3 Å².